The molecular formula is C17H15NO3. The smallest absolute Gasteiger partial charge is 0.231 e. The molecule has 0 radical (unpaired) electrons. The SMILES string of the molecule is COc1ccc2ccn(Cc3ccc4c(c3)OCO4)c2c1. The Morgan fingerprint density at radius 2 is 1.95 bits per heavy atom. The van der Waals surface area contributed by atoms with Gasteiger partial charge in [0.1, 0.15) is 5.75 Å². The molecule has 3 aromatic rings. The summed E-state index contributed by atoms with van der Waals surface area (Å²) in [7, 11) is 1.69. The lowest BCUT2D eigenvalue weighted by Crippen LogP contribution is -1.98. The lowest BCUT2D eigenvalue weighted by Gasteiger charge is -2.08. The minimum absolute atomic E-state index is 0.308. The Labute approximate surface area is 122 Å². The molecule has 1 aromatic heterocycles. The maximum absolute atomic E-state index is 5.43. The maximum atomic E-state index is 5.43. The summed E-state index contributed by atoms with van der Waals surface area (Å²) in [6.07, 6.45) is 2.09. The van der Waals surface area contributed by atoms with Gasteiger partial charge in [0.15, 0.2) is 11.5 Å². The van der Waals surface area contributed by atoms with Crippen LogP contribution in [0.3, 0.4) is 0 Å². The van der Waals surface area contributed by atoms with Gasteiger partial charge in [-0.2, -0.15) is 0 Å². The second kappa shape index (κ2) is 4.74. The van der Waals surface area contributed by atoms with Crippen LogP contribution in [0.5, 0.6) is 17.2 Å². The van der Waals surface area contributed by atoms with Crippen molar-refractivity contribution in [3.05, 3.63) is 54.2 Å². The molecule has 0 saturated carbocycles. The zero-order chi connectivity index (χ0) is 14.2. The number of hydrogen-bond acceptors (Lipinski definition) is 3. The zero-order valence-corrected chi connectivity index (χ0v) is 11.7. The molecule has 0 saturated heterocycles. The molecule has 21 heavy (non-hydrogen) atoms. The molecule has 0 bridgehead atoms. The van der Waals surface area contributed by atoms with Crippen LogP contribution in [0.15, 0.2) is 48.7 Å². The van der Waals surface area contributed by atoms with E-state index in [1.807, 2.05) is 18.2 Å². The summed E-state index contributed by atoms with van der Waals surface area (Å²) in [6, 6.07) is 14.3. The fourth-order valence-corrected chi connectivity index (χ4v) is 2.66. The molecule has 2 aromatic carbocycles. The van der Waals surface area contributed by atoms with Crippen molar-refractivity contribution in [2.45, 2.75) is 6.54 Å². The predicted octanol–water partition coefficient (Wildman–Crippen LogP) is 3.43. The topological polar surface area (TPSA) is 32.6 Å². The van der Waals surface area contributed by atoms with E-state index < -0.39 is 0 Å². The number of ether oxygens (including phenoxy) is 3. The van der Waals surface area contributed by atoms with Crippen LogP contribution in [0.4, 0.5) is 0 Å². The van der Waals surface area contributed by atoms with Crippen molar-refractivity contribution < 1.29 is 14.2 Å². The maximum Gasteiger partial charge on any atom is 0.231 e. The van der Waals surface area contributed by atoms with E-state index in [9.17, 15) is 0 Å². The fourth-order valence-electron chi connectivity index (χ4n) is 2.66. The van der Waals surface area contributed by atoms with Crippen LogP contribution in [0.2, 0.25) is 0 Å². The summed E-state index contributed by atoms with van der Waals surface area (Å²) in [5.74, 6) is 2.51. The molecule has 1 aliphatic heterocycles. The summed E-state index contributed by atoms with van der Waals surface area (Å²) in [5, 5.41) is 1.21. The van der Waals surface area contributed by atoms with E-state index in [1.165, 1.54) is 10.9 Å². The standard InChI is InChI=1S/C17H15NO3/c1-19-14-4-3-13-6-7-18(15(13)9-14)10-12-2-5-16-17(8-12)21-11-20-16/h2-9H,10-11H2,1H3. The number of benzene rings is 2. The van der Waals surface area contributed by atoms with Gasteiger partial charge in [-0.1, -0.05) is 6.07 Å². The number of fused-ring (bicyclic) bond motifs is 2. The summed E-state index contributed by atoms with van der Waals surface area (Å²) < 4.78 is 18.3. The summed E-state index contributed by atoms with van der Waals surface area (Å²) >= 11 is 0. The van der Waals surface area contributed by atoms with Gasteiger partial charge in [-0.05, 0) is 41.3 Å². The van der Waals surface area contributed by atoms with Crippen molar-refractivity contribution in [1.82, 2.24) is 4.57 Å². The second-order valence-corrected chi connectivity index (χ2v) is 5.06. The van der Waals surface area contributed by atoms with Gasteiger partial charge in [-0.25, -0.2) is 0 Å². The van der Waals surface area contributed by atoms with Crippen molar-refractivity contribution in [2.24, 2.45) is 0 Å². The number of hydrogen-bond donors (Lipinski definition) is 0. The molecule has 0 amide bonds. The van der Waals surface area contributed by atoms with E-state index in [0.29, 0.717) is 6.79 Å². The summed E-state index contributed by atoms with van der Waals surface area (Å²) in [4.78, 5) is 0. The molecule has 4 rings (SSSR count). The first-order valence-electron chi connectivity index (χ1n) is 6.85. The van der Waals surface area contributed by atoms with Crippen LogP contribution >= 0.6 is 0 Å². The Bertz CT molecular complexity index is 807. The molecule has 4 nitrogen and oxygen atoms in total. The number of rotatable bonds is 3. The quantitative estimate of drug-likeness (QED) is 0.737. The average Bonchev–Trinajstić information content (AvgIpc) is 3.13. The van der Waals surface area contributed by atoms with Gasteiger partial charge >= 0.3 is 0 Å². The van der Waals surface area contributed by atoms with Crippen molar-refractivity contribution in [1.29, 1.82) is 0 Å². The zero-order valence-electron chi connectivity index (χ0n) is 11.7. The highest BCUT2D eigenvalue weighted by atomic mass is 16.7. The van der Waals surface area contributed by atoms with Gasteiger partial charge < -0.3 is 18.8 Å². The number of nitrogens with zero attached hydrogens (tertiary/aromatic N) is 1. The van der Waals surface area contributed by atoms with E-state index in [1.54, 1.807) is 7.11 Å². The van der Waals surface area contributed by atoms with Gasteiger partial charge in [0.25, 0.3) is 0 Å². The molecule has 106 valence electrons. The number of aromatic nitrogens is 1. The third kappa shape index (κ3) is 2.09. The van der Waals surface area contributed by atoms with E-state index in [-0.39, 0.29) is 0 Å². The molecule has 0 N–H and O–H groups in total. The third-order valence-electron chi connectivity index (χ3n) is 3.77. The third-order valence-corrected chi connectivity index (χ3v) is 3.77. The second-order valence-electron chi connectivity index (χ2n) is 5.06. The van der Waals surface area contributed by atoms with Gasteiger partial charge in [0, 0.05) is 18.8 Å². The van der Waals surface area contributed by atoms with Crippen LogP contribution in [0, 0.1) is 0 Å². The molecule has 2 heterocycles. The predicted molar refractivity (Wildman–Crippen MR) is 80.2 cm³/mol. The molecule has 0 fully saturated rings. The van der Waals surface area contributed by atoms with Gasteiger partial charge in [-0.3, -0.25) is 0 Å². The lowest BCUT2D eigenvalue weighted by atomic mass is 10.2. The first-order chi connectivity index (χ1) is 10.3. The van der Waals surface area contributed by atoms with Gasteiger partial charge in [0.2, 0.25) is 6.79 Å². The molecule has 0 spiro atoms. The van der Waals surface area contributed by atoms with Crippen molar-refractivity contribution in [3.8, 4) is 17.2 Å². The highest BCUT2D eigenvalue weighted by Gasteiger charge is 2.13. The Morgan fingerprint density at radius 1 is 1.05 bits per heavy atom. The number of methoxy groups -OCH3 is 1. The van der Waals surface area contributed by atoms with Crippen LogP contribution in [-0.2, 0) is 6.54 Å². The van der Waals surface area contributed by atoms with Gasteiger partial charge in [0.05, 0.1) is 12.6 Å². The van der Waals surface area contributed by atoms with Crippen LogP contribution in [-0.4, -0.2) is 18.5 Å². The summed E-state index contributed by atoms with van der Waals surface area (Å²) in [5.41, 5.74) is 2.34. The Hall–Kier alpha value is -2.62. The molecule has 0 unspecified atom stereocenters. The molecule has 1 aliphatic rings. The van der Waals surface area contributed by atoms with Crippen molar-refractivity contribution in [2.75, 3.05) is 13.9 Å². The minimum atomic E-state index is 0.308. The van der Waals surface area contributed by atoms with E-state index in [2.05, 4.69) is 35.0 Å². The van der Waals surface area contributed by atoms with Crippen LogP contribution in [0.1, 0.15) is 5.56 Å². The molecular weight excluding hydrogens is 266 g/mol. The van der Waals surface area contributed by atoms with Crippen LogP contribution < -0.4 is 14.2 Å². The summed E-state index contributed by atoms with van der Waals surface area (Å²) in [6.45, 7) is 1.09. The first kappa shape index (κ1) is 12.1. The monoisotopic (exact) mass is 281 g/mol. The highest BCUT2D eigenvalue weighted by Crippen LogP contribution is 2.33. The fraction of sp³-hybridized carbons (Fsp3) is 0.176. The normalized spacial score (nSPS) is 12.8. The first-order valence-corrected chi connectivity index (χ1v) is 6.85. The lowest BCUT2D eigenvalue weighted by molar-refractivity contribution is 0.174. The Morgan fingerprint density at radius 3 is 2.86 bits per heavy atom. The van der Waals surface area contributed by atoms with Crippen molar-refractivity contribution in [3.63, 3.8) is 0 Å². The van der Waals surface area contributed by atoms with E-state index in [0.717, 1.165) is 29.3 Å². The minimum Gasteiger partial charge on any atom is -0.497 e. The molecule has 4 heteroatoms. The average molecular weight is 281 g/mol. The van der Waals surface area contributed by atoms with Crippen LogP contribution in [0.25, 0.3) is 10.9 Å². The van der Waals surface area contributed by atoms with E-state index in [4.69, 9.17) is 14.2 Å². The Kier molecular flexibility index (Phi) is 2.74. The van der Waals surface area contributed by atoms with Gasteiger partial charge in [-0.15, -0.1) is 0 Å². The highest BCUT2D eigenvalue weighted by molar-refractivity contribution is 5.81. The molecule has 0 aliphatic carbocycles. The van der Waals surface area contributed by atoms with E-state index >= 15 is 0 Å². The Balaban J connectivity index is 1.70. The molecule has 0 atom stereocenters. The van der Waals surface area contributed by atoms with Crippen molar-refractivity contribution >= 4 is 10.9 Å². The largest absolute Gasteiger partial charge is 0.497 e.